The number of carbonyl (C=O) groups is 1. The Morgan fingerprint density at radius 3 is 3.00 bits per heavy atom. The minimum absolute atomic E-state index is 0.0732. The predicted molar refractivity (Wildman–Crippen MR) is 70.0 cm³/mol. The number of nitrogens with one attached hydrogen (secondary N) is 2. The fourth-order valence-corrected chi connectivity index (χ4v) is 2.35. The maximum Gasteiger partial charge on any atom is 0.241 e. The van der Waals surface area contributed by atoms with Crippen LogP contribution in [0.3, 0.4) is 0 Å². The summed E-state index contributed by atoms with van der Waals surface area (Å²) >= 11 is 0. The molecule has 1 amide bonds. The number of amides is 1. The van der Waals surface area contributed by atoms with Crippen LogP contribution in [-0.2, 0) is 4.79 Å². The van der Waals surface area contributed by atoms with Gasteiger partial charge in [0, 0.05) is 11.3 Å². The topological polar surface area (TPSA) is 41.1 Å². The lowest BCUT2D eigenvalue weighted by Gasteiger charge is -2.29. The van der Waals surface area contributed by atoms with E-state index in [4.69, 9.17) is 0 Å². The van der Waals surface area contributed by atoms with E-state index in [-0.39, 0.29) is 17.8 Å². The third-order valence-corrected chi connectivity index (χ3v) is 3.58. The Morgan fingerprint density at radius 1 is 1.50 bits per heavy atom. The van der Waals surface area contributed by atoms with Gasteiger partial charge >= 0.3 is 0 Å². The molecule has 1 aromatic carbocycles. The average molecular weight is 250 g/mol. The molecule has 1 fully saturated rings. The van der Waals surface area contributed by atoms with Crippen molar-refractivity contribution in [2.45, 2.75) is 32.7 Å². The van der Waals surface area contributed by atoms with Gasteiger partial charge in [-0.2, -0.15) is 0 Å². The monoisotopic (exact) mass is 250 g/mol. The quantitative estimate of drug-likeness (QED) is 0.846. The first-order valence-electron chi connectivity index (χ1n) is 6.39. The van der Waals surface area contributed by atoms with E-state index in [0.717, 1.165) is 19.4 Å². The van der Waals surface area contributed by atoms with Crippen molar-refractivity contribution in [2.24, 2.45) is 5.92 Å². The molecular weight excluding hydrogens is 231 g/mol. The molecule has 18 heavy (non-hydrogen) atoms. The Morgan fingerprint density at radius 2 is 2.28 bits per heavy atom. The maximum absolute atomic E-state index is 13.4. The van der Waals surface area contributed by atoms with Gasteiger partial charge in [-0.05, 0) is 44.4 Å². The van der Waals surface area contributed by atoms with Crippen LogP contribution in [0.1, 0.15) is 25.3 Å². The van der Waals surface area contributed by atoms with Crippen LogP contribution in [0.5, 0.6) is 0 Å². The molecule has 0 aromatic heterocycles. The van der Waals surface area contributed by atoms with Gasteiger partial charge in [0.1, 0.15) is 5.82 Å². The number of piperidine rings is 1. The van der Waals surface area contributed by atoms with Crippen molar-refractivity contribution in [2.75, 3.05) is 11.9 Å². The molecule has 0 radical (unpaired) electrons. The summed E-state index contributed by atoms with van der Waals surface area (Å²) in [6.45, 7) is 4.60. The summed E-state index contributed by atoms with van der Waals surface area (Å²) in [4.78, 5) is 12.1. The molecule has 3 nitrogen and oxygen atoms in total. The first kappa shape index (κ1) is 13.0. The predicted octanol–water partition coefficient (Wildman–Crippen LogP) is 2.46. The molecule has 1 aliphatic rings. The standard InChI is InChI=1S/C14H19FN2O/c1-9-5-4-8-16-13(9)14(18)17-12-7-3-6-11(15)10(12)2/h3,6-7,9,13,16H,4-5,8H2,1-2H3,(H,17,18). The van der Waals surface area contributed by atoms with E-state index >= 15 is 0 Å². The second kappa shape index (κ2) is 5.48. The van der Waals surface area contributed by atoms with Crippen molar-refractivity contribution < 1.29 is 9.18 Å². The minimum Gasteiger partial charge on any atom is -0.324 e. The lowest BCUT2D eigenvalue weighted by molar-refractivity contribution is -0.119. The molecule has 1 saturated heterocycles. The van der Waals surface area contributed by atoms with Crippen molar-refractivity contribution in [3.05, 3.63) is 29.6 Å². The molecule has 2 unspecified atom stereocenters. The van der Waals surface area contributed by atoms with Crippen LogP contribution in [0.4, 0.5) is 10.1 Å². The molecule has 0 bridgehead atoms. The van der Waals surface area contributed by atoms with Crippen LogP contribution in [-0.4, -0.2) is 18.5 Å². The van der Waals surface area contributed by atoms with Gasteiger partial charge < -0.3 is 10.6 Å². The minimum atomic E-state index is -0.294. The number of hydrogen-bond donors (Lipinski definition) is 2. The fraction of sp³-hybridized carbons (Fsp3) is 0.500. The SMILES string of the molecule is Cc1c(F)cccc1NC(=O)C1NCCCC1C. The normalized spacial score (nSPS) is 23.7. The lowest BCUT2D eigenvalue weighted by Crippen LogP contribution is -2.48. The van der Waals surface area contributed by atoms with E-state index in [0.29, 0.717) is 17.2 Å². The number of hydrogen-bond acceptors (Lipinski definition) is 2. The maximum atomic E-state index is 13.4. The highest BCUT2D eigenvalue weighted by Gasteiger charge is 2.27. The second-order valence-corrected chi connectivity index (χ2v) is 4.95. The van der Waals surface area contributed by atoms with Crippen molar-refractivity contribution in [3.8, 4) is 0 Å². The zero-order valence-corrected chi connectivity index (χ0v) is 10.8. The van der Waals surface area contributed by atoms with Crippen LogP contribution in [0.15, 0.2) is 18.2 Å². The Kier molecular flexibility index (Phi) is 3.97. The third kappa shape index (κ3) is 2.70. The molecule has 2 rings (SSSR count). The van der Waals surface area contributed by atoms with E-state index in [1.165, 1.54) is 6.07 Å². The Balaban J connectivity index is 2.09. The fourth-order valence-electron chi connectivity index (χ4n) is 2.35. The van der Waals surface area contributed by atoms with Crippen molar-refractivity contribution in [3.63, 3.8) is 0 Å². The van der Waals surface area contributed by atoms with E-state index in [1.54, 1.807) is 19.1 Å². The summed E-state index contributed by atoms with van der Waals surface area (Å²) < 4.78 is 13.4. The number of rotatable bonds is 2. The molecule has 1 heterocycles. The van der Waals surface area contributed by atoms with Gasteiger partial charge in [0.25, 0.3) is 0 Å². The first-order valence-corrected chi connectivity index (χ1v) is 6.39. The molecule has 0 aliphatic carbocycles. The molecule has 2 atom stereocenters. The molecule has 0 saturated carbocycles. The van der Waals surface area contributed by atoms with E-state index in [2.05, 4.69) is 17.6 Å². The smallest absolute Gasteiger partial charge is 0.241 e. The van der Waals surface area contributed by atoms with Crippen LogP contribution >= 0.6 is 0 Å². The molecule has 1 aromatic rings. The summed E-state index contributed by atoms with van der Waals surface area (Å²) in [6, 6.07) is 4.55. The summed E-state index contributed by atoms with van der Waals surface area (Å²) in [5, 5.41) is 6.03. The number of benzene rings is 1. The van der Waals surface area contributed by atoms with Crippen LogP contribution in [0.25, 0.3) is 0 Å². The molecular formula is C14H19FN2O. The second-order valence-electron chi connectivity index (χ2n) is 4.95. The van der Waals surface area contributed by atoms with Crippen molar-refractivity contribution >= 4 is 11.6 Å². The van der Waals surface area contributed by atoms with Crippen LogP contribution < -0.4 is 10.6 Å². The van der Waals surface area contributed by atoms with Crippen LogP contribution in [0.2, 0.25) is 0 Å². The summed E-state index contributed by atoms with van der Waals surface area (Å²) in [7, 11) is 0. The highest BCUT2D eigenvalue weighted by molar-refractivity contribution is 5.95. The molecule has 0 spiro atoms. The molecule has 98 valence electrons. The van der Waals surface area contributed by atoms with Gasteiger partial charge in [0.05, 0.1) is 6.04 Å². The number of halogens is 1. The van der Waals surface area contributed by atoms with E-state index in [1.807, 2.05) is 0 Å². The number of carbonyl (C=O) groups excluding carboxylic acids is 1. The molecule has 4 heteroatoms. The summed E-state index contributed by atoms with van der Waals surface area (Å²) in [6.07, 6.45) is 2.15. The zero-order chi connectivity index (χ0) is 13.1. The molecule has 2 N–H and O–H groups in total. The molecule has 1 aliphatic heterocycles. The Hall–Kier alpha value is -1.42. The summed E-state index contributed by atoms with van der Waals surface area (Å²) in [5.74, 6) is -0.0547. The van der Waals surface area contributed by atoms with Gasteiger partial charge in [-0.1, -0.05) is 13.0 Å². The Labute approximate surface area is 107 Å². The van der Waals surface area contributed by atoms with Crippen molar-refractivity contribution in [1.29, 1.82) is 0 Å². The Bertz CT molecular complexity index is 447. The van der Waals surface area contributed by atoms with Gasteiger partial charge in [-0.15, -0.1) is 0 Å². The van der Waals surface area contributed by atoms with Gasteiger partial charge in [-0.3, -0.25) is 4.79 Å². The van der Waals surface area contributed by atoms with Gasteiger partial charge in [0.15, 0.2) is 0 Å². The summed E-state index contributed by atoms with van der Waals surface area (Å²) in [5.41, 5.74) is 1.04. The first-order chi connectivity index (χ1) is 8.59. The van der Waals surface area contributed by atoms with Gasteiger partial charge in [-0.25, -0.2) is 4.39 Å². The van der Waals surface area contributed by atoms with Crippen LogP contribution in [0, 0.1) is 18.7 Å². The third-order valence-electron chi connectivity index (χ3n) is 3.58. The zero-order valence-electron chi connectivity index (χ0n) is 10.8. The largest absolute Gasteiger partial charge is 0.324 e. The highest BCUT2D eigenvalue weighted by atomic mass is 19.1. The van der Waals surface area contributed by atoms with E-state index in [9.17, 15) is 9.18 Å². The number of anilines is 1. The lowest BCUT2D eigenvalue weighted by atomic mass is 9.92. The highest BCUT2D eigenvalue weighted by Crippen LogP contribution is 2.20. The van der Waals surface area contributed by atoms with E-state index < -0.39 is 0 Å². The van der Waals surface area contributed by atoms with Crippen molar-refractivity contribution in [1.82, 2.24) is 5.32 Å². The van der Waals surface area contributed by atoms with Gasteiger partial charge in [0.2, 0.25) is 5.91 Å². The average Bonchev–Trinajstić information content (AvgIpc) is 2.35.